The second-order valence-corrected chi connectivity index (χ2v) is 7.74. The highest BCUT2D eigenvalue weighted by molar-refractivity contribution is 7.91. The first-order valence-electron chi connectivity index (χ1n) is 7.99. The molecule has 0 fully saturated rings. The lowest BCUT2D eigenvalue weighted by Crippen LogP contribution is -2.22. The predicted octanol–water partition coefficient (Wildman–Crippen LogP) is 2.00. The van der Waals surface area contributed by atoms with Gasteiger partial charge in [-0.1, -0.05) is 30.3 Å². The third kappa shape index (κ3) is 4.02. The van der Waals surface area contributed by atoms with Crippen LogP contribution >= 0.6 is 0 Å². The van der Waals surface area contributed by atoms with Crippen molar-refractivity contribution in [3.8, 4) is 0 Å². The Labute approximate surface area is 149 Å². The number of esters is 1. The number of aromatic nitrogens is 1. The van der Waals surface area contributed by atoms with Crippen LogP contribution in [0.25, 0.3) is 11.1 Å². The summed E-state index contributed by atoms with van der Waals surface area (Å²) >= 11 is 0. The number of rotatable bonds is 7. The SMILES string of the molecule is O=C(Cn1c(=O)oc2ccccc21)OCCCS(=O)(=O)c1ccccc1. The molecule has 0 spiro atoms. The monoisotopic (exact) mass is 375 g/mol. The van der Waals surface area contributed by atoms with Crippen molar-refractivity contribution < 1.29 is 22.4 Å². The van der Waals surface area contributed by atoms with E-state index in [9.17, 15) is 18.0 Å². The zero-order valence-electron chi connectivity index (χ0n) is 13.8. The molecule has 3 aromatic rings. The summed E-state index contributed by atoms with van der Waals surface area (Å²) in [6.07, 6.45) is 0.171. The number of hydrogen-bond donors (Lipinski definition) is 0. The summed E-state index contributed by atoms with van der Waals surface area (Å²) in [7, 11) is -3.41. The van der Waals surface area contributed by atoms with Crippen LogP contribution < -0.4 is 5.76 Å². The van der Waals surface area contributed by atoms with Gasteiger partial charge < -0.3 is 9.15 Å². The van der Waals surface area contributed by atoms with Gasteiger partial charge in [-0.2, -0.15) is 0 Å². The van der Waals surface area contributed by atoms with E-state index >= 15 is 0 Å². The average molecular weight is 375 g/mol. The molecule has 0 N–H and O–H groups in total. The van der Waals surface area contributed by atoms with Gasteiger partial charge in [0.15, 0.2) is 15.4 Å². The molecule has 1 aromatic heterocycles. The van der Waals surface area contributed by atoms with Gasteiger partial charge in [0.1, 0.15) is 6.54 Å². The minimum atomic E-state index is -3.41. The molecule has 0 unspecified atom stereocenters. The number of oxazole rings is 1. The van der Waals surface area contributed by atoms with Crippen LogP contribution in [0.2, 0.25) is 0 Å². The topological polar surface area (TPSA) is 95.6 Å². The Hall–Kier alpha value is -2.87. The number of carbonyl (C=O) groups excluding carboxylic acids is 1. The summed E-state index contributed by atoms with van der Waals surface area (Å²) in [6, 6.07) is 14.8. The fourth-order valence-electron chi connectivity index (χ4n) is 2.52. The fraction of sp³-hybridized carbons (Fsp3) is 0.222. The Morgan fingerprint density at radius 3 is 2.50 bits per heavy atom. The molecule has 0 saturated carbocycles. The van der Waals surface area contributed by atoms with E-state index in [-0.39, 0.29) is 30.2 Å². The van der Waals surface area contributed by atoms with E-state index in [1.807, 2.05) is 0 Å². The average Bonchev–Trinajstić information content (AvgIpc) is 2.95. The fourth-order valence-corrected chi connectivity index (χ4v) is 3.82. The number of ether oxygens (including phenoxy) is 1. The lowest BCUT2D eigenvalue weighted by molar-refractivity contribution is -0.144. The molecule has 1 heterocycles. The molecule has 0 bridgehead atoms. The second-order valence-electron chi connectivity index (χ2n) is 5.63. The van der Waals surface area contributed by atoms with Crippen LogP contribution in [0.3, 0.4) is 0 Å². The highest BCUT2D eigenvalue weighted by Gasteiger charge is 2.15. The van der Waals surface area contributed by atoms with Crippen molar-refractivity contribution in [2.24, 2.45) is 0 Å². The highest BCUT2D eigenvalue weighted by atomic mass is 32.2. The van der Waals surface area contributed by atoms with Crippen molar-refractivity contribution in [2.45, 2.75) is 17.9 Å². The maximum Gasteiger partial charge on any atom is 0.420 e. The Morgan fingerprint density at radius 1 is 1.04 bits per heavy atom. The van der Waals surface area contributed by atoms with E-state index < -0.39 is 21.6 Å². The summed E-state index contributed by atoms with van der Waals surface area (Å²) in [5.41, 5.74) is 0.889. The molecule has 0 aliphatic rings. The Balaban J connectivity index is 1.53. The van der Waals surface area contributed by atoms with Crippen molar-refractivity contribution in [1.82, 2.24) is 4.57 Å². The summed E-state index contributed by atoms with van der Waals surface area (Å²) in [5.74, 6) is -1.40. The van der Waals surface area contributed by atoms with Crippen LogP contribution in [0.15, 0.2) is 68.7 Å². The smallest absolute Gasteiger partial charge is 0.420 e. The largest absolute Gasteiger partial charge is 0.464 e. The van der Waals surface area contributed by atoms with E-state index in [4.69, 9.17) is 9.15 Å². The van der Waals surface area contributed by atoms with Gasteiger partial charge in [-0.15, -0.1) is 0 Å². The van der Waals surface area contributed by atoms with Crippen LogP contribution in [0.5, 0.6) is 0 Å². The van der Waals surface area contributed by atoms with Crippen molar-refractivity contribution in [3.05, 3.63) is 65.1 Å². The lowest BCUT2D eigenvalue weighted by Gasteiger charge is -2.06. The first-order chi connectivity index (χ1) is 12.5. The van der Waals surface area contributed by atoms with Crippen LogP contribution in [0, 0.1) is 0 Å². The van der Waals surface area contributed by atoms with Crippen molar-refractivity contribution in [2.75, 3.05) is 12.4 Å². The number of benzene rings is 2. The van der Waals surface area contributed by atoms with Crippen molar-refractivity contribution >= 4 is 26.9 Å². The number of sulfone groups is 1. The first-order valence-corrected chi connectivity index (χ1v) is 9.64. The molecular formula is C18H17NO6S. The van der Waals surface area contributed by atoms with E-state index in [1.54, 1.807) is 42.5 Å². The van der Waals surface area contributed by atoms with Crippen molar-refractivity contribution in [3.63, 3.8) is 0 Å². The Morgan fingerprint density at radius 2 is 1.73 bits per heavy atom. The Bertz CT molecular complexity index is 1070. The molecule has 0 saturated heterocycles. The maximum absolute atomic E-state index is 12.1. The minimum Gasteiger partial charge on any atom is -0.464 e. The highest BCUT2D eigenvalue weighted by Crippen LogP contribution is 2.12. The van der Waals surface area contributed by atoms with Gasteiger partial charge >= 0.3 is 11.7 Å². The summed E-state index contributed by atoms with van der Waals surface area (Å²) in [4.78, 5) is 24.0. The van der Waals surface area contributed by atoms with E-state index in [1.165, 1.54) is 16.7 Å². The zero-order chi connectivity index (χ0) is 18.6. The number of carbonyl (C=O) groups is 1. The number of fused-ring (bicyclic) bond motifs is 1. The van der Waals surface area contributed by atoms with Crippen LogP contribution in [0.1, 0.15) is 6.42 Å². The van der Waals surface area contributed by atoms with Gasteiger partial charge in [-0.3, -0.25) is 9.36 Å². The molecule has 2 aromatic carbocycles. The summed E-state index contributed by atoms with van der Waals surface area (Å²) < 4.78 is 35.5. The molecule has 7 nitrogen and oxygen atoms in total. The molecule has 0 radical (unpaired) electrons. The summed E-state index contributed by atoms with van der Waals surface area (Å²) in [6.45, 7) is -0.337. The van der Waals surface area contributed by atoms with Gasteiger partial charge in [-0.25, -0.2) is 13.2 Å². The van der Waals surface area contributed by atoms with Gasteiger partial charge in [0, 0.05) is 0 Å². The van der Waals surface area contributed by atoms with Gasteiger partial charge in [0.2, 0.25) is 0 Å². The second kappa shape index (κ2) is 7.57. The number of nitrogens with zero attached hydrogens (tertiary/aromatic N) is 1. The van der Waals surface area contributed by atoms with E-state index in [0.717, 1.165) is 0 Å². The lowest BCUT2D eigenvalue weighted by atomic mass is 10.3. The third-order valence-electron chi connectivity index (χ3n) is 3.78. The quantitative estimate of drug-likeness (QED) is 0.463. The van der Waals surface area contributed by atoms with Crippen molar-refractivity contribution in [1.29, 1.82) is 0 Å². The molecule has 3 rings (SSSR count). The Kier molecular flexibility index (Phi) is 5.22. The maximum atomic E-state index is 12.1. The molecule has 26 heavy (non-hydrogen) atoms. The molecule has 0 aliphatic heterocycles. The van der Waals surface area contributed by atoms with E-state index in [0.29, 0.717) is 11.1 Å². The molecule has 8 heteroatoms. The summed E-state index contributed by atoms with van der Waals surface area (Å²) in [5, 5.41) is 0. The normalized spacial score (nSPS) is 11.5. The van der Waals surface area contributed by atoms with Gasteiger partial charge in [0.05, 0.1) is 22.8 Å². The minimum absolute atomic E-state index is 0.0462. The molecule has 0 amide bonds. The van der Waals surface area contributed by atoms with E-state index in [2.05, 4.69) is 0 Å². The number of para-hydroxylation sites is 2. The first kappa shape index (κ1) is 17.9. The van der Waals surface area contributed by atoms with Gasteiger partial charge in [-0.05, 0) is 30.7 Å². The van der Waals surface area contributed by atoms with Crippen LogP contribution in [-0.2, 0) is 25.9 Å². The zero-order valence-corrected chi connectivity index (χ0v) is 14.6. The molecular weight excluding hydrogens is 358 g/mol. The predicted molar refractivity (Wildman–Crippen MR) is 94.5 cm³/mol. The van der Waals surface area contributed by atoms with Crippen LogP contribution in [-0.4, -0.2) is 31.3 Å². The standard InChI is InChI=1S/C18H17NO6S/c20-17(13-19-15-9-4-5-10-16(15)25-18(19)21)24-11-6-12-26(22,23)14-7-2-1-3-8-14/h1-5,7-10H,6,11-13H2. The van der Waals surface area contributed by atoms with Gasteiger partial charge in [0.25, 0.3) is 0 Å². The number of hydrogen-bond acceptors (Lipinski definition) is 6. The molecule has 0 aliphatic carbocycles. The van der Waals surface area contributed by atoms with Crippen LogP contribution in [0.4, 0.5) is 0 Å². The molecule has 136 valence electrons. The molecule has 0 atom stereocenters. The third-order valence-corrected chi connectivity index (χ3v) is 5.60.